The summed E-state index contributed by atoms with van der Waals surface area (Å²) in [7, 11) is 0. The van der Waals surface area contributed by atoms with Gasteiger partial charge < -0.3 is 9.88 Å². The van der Waals surface area contributed by atoms with E-state index in [2.05, 4.69) is 0 Å². The molecule has 1 aromatic rings. The highest BCUT2D eigenvalue weighted by atomic mass is 19.4. The number of nitrogens with one attached hydrogen (secondary N) is 1. The minimum absolute atomic E-state index is 0.179. The van der Waals surface area contributed by atoms with Gasteiger partial charge in [0.2, 0.25) is 0 Å². The van der Waals surface area contributed by atoms with Gasteiger partial charge in [0.25, 0.3) is 5.56 Å². The highest BCUT2D eigenvalue weighted by molar-refractivity contribution is 5.96. The molecule has 106 valence electrons. The van der Waals surface area contributed by atoms with Gasteiger partial charge in [-0.3, -0.25) is 9.59 Å². The Morgan fingerprint density at radius 1 is 1.26 bits per heavy atom. The van der Waals surface area contributed by atoms with E-state index in [1.807, 2.05) is 0 Å². The molecule has 1 aromatic heterocycles. The van der Waals surface area contributed by atoms with Crippen LogP contribution < -0.4 is 10.9 Å². The van der Waals surface area contributed by atoms with Gasteiger partial charge in [-0.2, -0.15) is 22.0 Å². The predicted octanol–water partition coefficient (Wildman–Crippen LogP) is 2.00. The van der Waals surface area contributed by atoms with Crippen molar-refractivity contribution in [3.8, 4) is 0 Å². The molecular formula is C10H9F5N2O2. The molecule has 1 N–H and O–H groups in total. The lowest BCUT2D eigenvalue weighted by Crippen LogP contribution is -2.47. The molecule has 0 bridgehead atoms. The molecule has 0 aromatic carbocycles. The second kappa shape index (κ2) is 4.98. The molecule has 0 spiro atoms. The Kier molecular flexibility index (Phi) is 3.97. The van der Waals surface area contributed by atoms with Crippen LogP contribution in [0.4, 0.5) is 27.6 Å². The lowest BCUT2D eigenvalue weighted by Gasteiger charge is -2.18. The van der Waals surface area contributed by atoms with Crippen molar-refractivity contribution in [2.24, 2.45) is 0 Å². The third-order valence-electron chi connectivity index (χ3n) is 2.22. The van der Waals surface area contributed by atoms with Gasteiger partial charge in [-0.15, -0.1) is 0 Å². The fraction of sp³-hybridized carbons (Fsp3) is 0.400. The van der Waals surface area contributed by atoms with Crippen molar-refractivity contribution < 1.29 is 26.7 Å². The monoisotopic (exact) mass is 284 g/mol. The molecule has 1 amide bonds. The number of carbonyl (C=O) groups is 1. The molecule has 1 heterocycles. The van der Waals surface area contributed by atoms with Gasteiger partial charge >= 0.3 is 18.0 Å². The lowest BCUT2D eigenvalue weighted by molar-refractivity contribution is -0.267. The van der Waals surface area contributed by atoms with E-state index in [1.54, 1.807) is 6.92 Å². The standard InChI is InChI=1S/C10H9F5N2O2/c1-2-17-5-6(3-4-7(17)18)16-8(19)9(11,12)10(13,14)15/h3-5H,2H2,1H3,(H,16,19). The van der Waals surface area contributed by atoms with Crippen molar-refractivity contribution in [2.45, 2.75) is 25.6 Å². The van der Waals surface area contributed by atoms with Crippen molar-refractivity contribution in [3.05, 3.63) is 28.7 Å². The fourth-order valence-corrected chi connectivity index (χ4v) is 1.19. The summed E-state index contributed by atoms with van der Waals surface area (Å²) in [4.78, 5) is 22.1. The summed E-state index contributed by atoms with van der Waals surface area (Å²) in [5.74, 6) is -8.00. The third kappa shape index (κ3) is 3.09. The van der Waals surface area contributed by atoms with Crippen LogP contribution in [0.2, 0.25) is 0 Å². The zero-order valence-corrected chi connectivity index (χ0v) is 9.59. The molecule has 0 saturated carbocycles. The van der Waals surface area contributed by atoms with Crippen LogP contribution in [0.3, 0.4) is 0 Å². The van der Waals surface area contributed by atoms with Gasteiger partial charge in [-0.1, -0.05) is 0 Å². The smallest absolute Gasteiger partial charge is 0.319 e. The van der Waals surface area contributed by atoms with Gasteiger partial charge in [-0.25, -0.2) is 0 Å². The van der Waals surface area contributed by atoms with Gasteiger partial charge in [-0.05, 0) is 13.0 Å². The number of aromatic nitrogens is 1. The van der Waals surface area contributed by atoms with Crippen LogP contribution in [0.25, 0.3) is 0 Å². The van der Waals surface area contributed by atoms with E-state index in [9.17, 15) is 31.5 Å². The van der Waals surface area contributed by atoms with Crippen molar-refractivity contribution in [3.63, 3.8) is 0 Å². The van der Waals surface area contributed by atoms with Crippen molar-refractivity contribution in [2.75, 3.05) is 5.32 Å². The Bertz CT molecular complexity index is 535. The molecule has 0 radical (unpaired) electrons. The Morgan fingerprint density at radius 2 is 1.84 bits per heavy atom. The Balaban J connectivity index is 2.98. The van der Waals surface area contributed by atoms with E-state index in [1.165, 1.54) is 5.32 Å². The number of amides is 1. The van der Waals surface area contributed by atoms with Crippen molar-refractivity contribution in [1.29, 1.82) is 0 Å². The zero-order chi connectivity index (χ0) is 14.8. The highest BCUT2D eigenvalue weighted by Crippen LogP contribution is 2.36. The van der Waals surface area contributed by atoms with E-state index in [0.29, 0.717) is 0 Å². The summed E-state index contributed by atoms with van der Waals surface area (Å²) in [5, 5.41) is 1.42. The largest absolute Gasteiger partial charge is 0.463 e. The maximum Gasteiger partial charge on any atom is 0.463 e. The number of anilines is 1. The van der Waals surface area contributed by atoms with Crippen LogP contribution in [0, 0.1) is 0 Å². The molecule has 0 aliphatic carbocycles. The molecule has 9 heteroatoms. The number of hydrogen-bond acceptors (Lipinski definition) is 2. The summed E-state index contributed by atoms with van der Waals surface area (Å²) in [6.45, 7) is 1.75. The van der Waals surface area contributed by atoms with E-state index < -0.39 is 23.6 Å². The molecule has 0 saturated heterocycles. The predicted molar refractivity (Wildman–Crippen MR) is 56.0 cm³/mol. The van der Waals surface area contributed by atoms with E-state index in [0.717, 1.165) is 22.9 Å². The Morgan fingerprint density at radius 3 is 2.32 bits per heavy atom. The molecular weight excluding hydrogens is 275 g/mol. The van der Waals surface area contributed by atoms with Gasteiger partial charge in [0.1, 0.15) is 0 Å². The van der Waals surface area contributed by atoms with Crippen molar-refractivity contribution >= 4 is 11.6 Å². The summed E-state index contributed by atoms with van der Waals surface area (Å²) >= 11 is 0. The van der Waals surface area contributed by atoms with Gasteiger partial charge in [0, 0.05) is 18.8 Å². The molecule has 19 heavy (non-hydrogen) atoms. The number of pyridine rings is 1. The normalized spacial score (nSPS) is 12.3. The molecule has 0 aliphatic rings. The third-order valence-corrected chi connectivity index (χ3v) is 2.22. The average molecular weight is 284 g/mol. The maximum atomic E-state index is 12.7. The first-order valence-corrected chi connectivity index (χ1v) is 5.06. The minimum atomic E-state index is -5.98. The first-order chi connectivity index (χ1) is 8.59. The number of carbonyl (C=O) groups excluding carboxylic acids is 1. The van der Waals surface area contributed by atoms with Crippen molar-refractivity contribution in [1.82, 2.24) is 4.57 Å². The zero-order valence-electron chi connectivity index (χ0n) is 9.59. The van der Waals surface area contributed by atoms with E-state index in [4.69, 9.17) is 0 Å². The summed E-state index contributed by atoms with van der Waals surface area (Å²) in [6, 6.07) is 1.89. The molecule has 0 atom stereocenters. The van der Waals surface area contributed by atoms with Crippen LogP contribution in [-0.2, 0) is 11.3 Å². The molecule has 0 aliphatic heterocycles. The SMILES string of the molecule is CCn1cc(NC(=O)C(F)(F)C(F)(F)F)ccc1=O. The van der Waals surface area contributed by atoms with Crippen LogP contribution in [0.15, 0.2) is 23.1 Å². The number of halogens is 5. The van der Waals surface area contributed by atoms with Crippen LogP contribution >= 0.6 is 0 Å². The Hall–Kier alpha value is -1.93. The van der Waals surface area contributed by atoms with Crippen LogP contribution in [0.1, 0.15) is 6.92 Å². The Labute approximate surface area is 103 Å². The highest BCUT2D eigenvalue weighted by Gasteiger charge is 2.63. The van der Waals surface area contributed by atoms with Gasteiger partial charge in [0.15, 0.2) is 0 Å². The maximum absolute atomic E-state index is 12.7. The van der Waals surface area contributed by atoms with E-state index in [-0.39, 0.29) is 12.2 Å². The minimum Gasteiger partial charge on any atom is -0.319 e. The fourth-order valence-electron chi connectivity index (χ4n) is 1.19. The number of aryl methyl sites for hydroxylation is 1. The quantitative estimate of drug-likeness (QED) is 0.863. The van der Waals surface area contributed by atoms with Crippen LogP contribution in [0.5, 0.6) is 0 Å². The second-order valence-corrected chi connectivity index (χ2v) is 3.57. The number of alkyl halides is 5. The van der Waals surface area contributed by atoms with Crippen LogP contribution in [-0.4, -0.2) is 22.6 Å². The number of nitrogens with zero attached hydrogens (tertiary/aromatic N) is 1. The van der Waals surface area contributed by atoms with E-state index >= 15 is 0 Å². The number of rotatable bonds is 3. The topological polar surface area (TPSA) is 51.1 Å². The molecule has 4 nitrogen and oxygen atoms in total. The molecule has 0 unspecified atom stereocenters. The first-order valence-electron chi connectivity index (χ1n) is 5.06. The average Bonchev–Trinajstić information content (AvgIpc) is 2.30. The molecule has 0 fully saturated rings. The molecule has 1 rings (SSSR count). The second-order valence-electron chi connectivity index (χ2n) is 3.57. The summed E-state index contributed by atoms with van der Waals surface area (Å²) < 4.78 is 62.2. The van der Waals surface area contributed by atoms with Gasteiger partial charge in [0.05, 0.1) is 5.69 Å². The first kappa shape index (κ1) is 15.1. The summed E-state index contributed by atoms with van der Waals surface area (Å²) in [5.41, 5.74) is -0.793. The number of hydrogen-bond donors (Lipinski definition) is 1. The summed E-state index contributed by atoms with van der Waals surface area (Å²) in [6.07, 6.45) is -5.00. The lowest BCUT2D eigenvalue weighted by atomic mass is 10.3.